The van der Waals surface area contributed by atoms with E-state index in [9.17, 15) is 0 Å². The van der Waals surface area contributed by atoms with Crippen molar-refractivity contribution < 1.29 is 0 Å². The Morgan fingerprint density at radius 2 is 1.11 bits per heavy atom. The first-order chi connectivity index (χ1) is 13.7. The maximum Gasteiger partial charge on any atom is 0.165 e. The summed E-state index contributed by atoms with van der Waals surface area (Å²) in [5.74, 6) is 0.749. The van der Waals surface area contributed by atoms with Crippen molar-refractivity contribution in [2.24, 2.45) is 0 Å². The Balaban J connectivity index is 1.52. The molecular formula is C18H16N10. The molecule has 0 aliphatic carbocycles. The van der Waals surface area contributed by atoms with Crippen LogP contribution in [0.15, 0.2) is 49.6 Å². The minimum absolute atomic E-state index is 0.374. The van der Waals surface area contributed by atoms with Gasteiger partial charge >= 0.3 is 0 Å². The first kappa shape index (κ1) is 16.1. The second-order valence-corrected chi connectivity index (χ2v) is 6.38. The van der Waals surface area contributed by atoms with Gasteiger partial charge in [0, 0.05) is 0 Å². The second-order valence-electron chi connectivity index (χ2n) is 6.38. The largest absolute Gasteiger partial charge is 0.382 e. The number of aromatic nitrogens is 8. The van der Waals surface area contributed by atoms with Crippen molar-refractivity contribution in [3.63, 3.8) is 0 Å². The lowest BCUT2D eigenvalue weighted by atomic mass is 10.1. The molecule has 138 valence electrons. The van der Waals surface area contributed by atoms with Gasteiger partial charge in [-0.25, -0.2) is 29.9 Å². The van der Waals surface area contributed by atoms with Crippen LogP contribution >= 0.6 is 0 Å². The van der Waals surface area contributed by atoms with E-state index in [0.717, 1.165) is 11.1 Å². The van der Waals surface area contributed by atoms with Crippen molar-refractivity contribution in [1.29, 1.82) is 0 Å². The van der Waals surface area contributed by atoms with E-state index in [4.69, 9.17) is 11.5 Å². The van der Waals surface area contributed by atoms with Crippen LogP contribution in [0, 0.1) is 0 Å². The van der Waals surface area contributed by atoms with Crippen LogP contribution < -0.4 is 11.5 Å². The van der Waals surface area contributed by atoms with Crippen LogP contribution in [0.4, 0.5) is 11.6 Å². The zero-order valence-corrected chi connectivity index (χ0v) is 14.8. The topological polar surface area (TPSA) is 139 Å². The number of anilines is 2. The summed E-state index contributed by atoms with van der Waals surface area (Å²) in [6.45, 7) is 1.21. The number of nitrogens with zero attached hydrogens (tertiary/aromatic N) is 8. The van der Waals surface area contributed by atoms with E-state index in [0.29, 0.717) is 47.1 Å². The summed E-state index contributed by atoms with van der Waals surface area (Å²) in [6.07, 6.45) is 6.35. The molecule has 4 heterocycles. The van der Waals surface area contributed by atoms with Crippen molar-refractivity contribution in [3.05, 3.63) is 60.7 Å². The number of nitrogens with two attached hydrogens (primary N) is 2. The molecule has 0 saturated carbocycles. The minimum atomic E-state index is 0.374. The standard InChI is InChI=1S/C18H16N10/c19-15-13-17(23-7-21-15)27(9-25-13)5-11-3-1-2-4-12(11)6-28-10-26-14-16(20)22-8-24-18(14)28/h1-4,7-10H,5-6H2,(H2,19,21,23)(H2,20,22,24). The van der Waals surface area contributed by atoms with Crippen LogP contribution in [0.1, 0.15) is 11.1 Å². The molecule has 4 N–H and O–H groups in total. The van der Waals surface area contributed by atoms with Gasteiger partial charge < -0.3 is 20.6 Å². The fourth-order valence-electron chi connectivity index (χ4n) is 3.26. The number of benzene rings is 1. The van der Waals surface area contributed by atoms with Crippen LogP contribution in [0.5, 0.6) is 0 Å². The van der Waals surface area contributed by atoms with E-state index in [1.807, 2.05) is 21.3 Å². The number of hydrogen-bond acceptors (Lipinski definition) is 8. The summed E-state index contributed by atoms with van der Waals surface area (Å²) in [5, 5.41) is 0. The molecule has 0 aliphatic heterocycles. The molecular weight excluding hydrogens is 356 g/mol. The molecule has 0 bridgehead atoms. The Bertz CT molecular complexity index is 1200. The molecule has 0 fully saturated rings. The molecule has 0 atom stereocenters. The van der Waals surface area contributed by atoms with Gasteiger partial charge in [0.25, 0.3) is 0 Å². The zero-order valence-electron chi connectivity index (χ0n) is 14.8. The monoisotopic (exact) mass is 372 g/mol. The Morgan fingerprint density at radius 1 is 0.643 bits per heavy atom. The summed E-state index contributed by atoms with van der Waals surface area (Å²) in [5.41, 5.74) is 16.7. The molecule has 0 spiro atoms. The average Bonchev–Trinajstić information content (AvgIpc) is 3.30. The summed E-state index contributed by atoms with van der Waals surface area (Å²) >= 11 is 0. The highest BCUT2D eigenvalue weighted by Crippen LogP contribution is 2.20. The van der Waals surface area contributed by atoms with Gasteiger partial charge in [-0.2, -0.15) is 0 Å². The minimum Gasteiger partial charge on any atom is -0.382 e. The third-order valence-corrected chi connectivity index (χ3v) is 4.66. The van der Waals surface area contributed by atoms with Crippen LogP contribution in [-0.4, -0.2) is 39.0 Å². The lowest BCUT2D eigenvalue weighted by molar-refractivity contribution is 0.764. The van der Waals surface area contributed by atoms with Gasteiger partial charge in [-0.15, -0.1) is 0 Å². The van der Waals surface area contributed by atoms with E-state index in [2.05, 4.69) is 42.0 Å². The predicted octanol–water partition coefficient (Wildman–Crippen LogP) is 1.23. The maximum absolute atomic E-state index is 5.89. The van der Waals surface area contributed by atoms with Gasteiger partial charge in [0.1, 0.15) is 23.7 Å². The van der Waals surface area contributed by atoms with Crippen molar-refractivity contribution in [1.82, 2.24) is 39.0 Å². The SMILES string of the molecule is Nc1ncnc2c1ncn2Cc1ccccc1Cn1cnc2c(N)ncnc21. The fraction of sp³-hybridized carbons (Fsp3) is 0.111. The average molecular weight is 372 g/mol. The third kappa shape index (κ3) is 2.58. The molecule has 1 aromatic carbocycles. The molecule has 10 nitrogen and oxygen atoms in total. The van der Waals surface area contributed by atoms with Gasteiger partial charge in [0.15, 0.2) is 22.9 Å². The van der Waals surface area contributed by atoms with Crippen LogP contribution in [0.3, 0.4) is 0 Å². The molecule has 0 aliphatic rings. The molecule has 0 unspecified atom stereocenters. The quantitative estimate of drug-likeness (QED) is 0.480. The number of hydrogen-bond donors (Lipinski definition) is 2. The highest BCUT2D eigenvalue weighted by Gasteiger charge is 2.12. The van der Waals surface area contributed by atoms with Gasteiger partial charge in [0.05, 0.1) is 25.7 Å². The molecule has 5 aromatic rings. The summed E-state index contributed by atoms with van der Waals surface area (Å²) in [4.78, 5) is 25.3. The van der Waals surface area contributed by atoms with Crippen molar-refractivity contribution in [2.75, 3.05) is 11.5 Å². The van der Waals surface area contributed by atoms with Crippen molar-refractivity contribution in [2.45, 2.75) is 13.1 Å². The van der Waals surface area contributed by atoms with E-state index in [1.54, 1.807) is 12.7 Å². The maximum atomic E-state index is 5.89. The lowest BCUT2D eigenvalue weighted by Gasteiger charge is -2.11. The van der Waals surface area contributed by atoms with E-state index >= 15 is 0 Å². The van der Waals surface area contributed by atoms with Gasteiger partial charge in [-0.1, -0.05) is 24.3 Å². The second kappa shape index (κ2) is 6.27. The normalized spacial score (nSPS) is 11.4. The van der Waals surface area contributed by atoms with Crippen molar-refractivity contribution >= 4 is 34.0 Å². The highest BCUT2D eigenvalue weighted by molar-refractivity contribution is 5.81. The molecule has 4 aromatic heterocycles. The Morgan fingerprint density at radius 3 is 1.57 bits per heavy atom. The number of rotatable bonds is 4. The van der Waals surface area contributed by atoms with E-state index in [1.165, 1.54) is 12.7 Å². The predicted molar refractivity (Wildman–Crippen MR) is 104 cm³/mol. The van der Waals surface area contributed by atoms with Gasteiger partial charge in [0.2, 0.25) is 0 Å². The first-order valence-electron chi connectivity index (χ1n) is 8.60. The van der Waals surface area contributed by atoms with Crippen molar-refractivity contribution in [3.8, 4) is 0 Å². The molecule has 0 amide bonds. The Hall–Kier alpha value is -4.08. The van der Waals surface area contributed by atoms with Gasteiger partial charge in [-0.05, 0) is 11.1 Å². The lowest BCUT2D eigenvalue weighted by Crippen LogP contribution is -2.07. The Labute approximate surface area is 158 Å². The third-order valence-electron chi connectivity index (χ3n) is 4.66. The van der Waals surface area contributed by atoms with Crippen LogP contribution in [-0.2, 0) is 13.1 Å². The zero-order chi connectivity index (χ0) is 19.1. The summed E-state index contributed by atoms with van der Waals surface area (Å²) in [7, 11) is 0. The van der Waals surface area contributed by atoms with E-state index in [-0.39, 0.29) is 0 Å². The summed E-state index contributed by atoms with van der Waals surface area (Å²) < 4.78 is 3.91. The highest BCUT2D eigenvalue weighted by atomic mass is 15.1. The number of nitrogen functional groups attached to an aromatic ring is 2. The van der Waals surface area contributed by atoms with Crippen LogP contribution in [0.25, 0.3) is 22.3 Å². The number of fused-ring (bicyclic) bond motifs is 2. The molecule has 0 saturated heterocycles. The first-order valence-corrected chi connectivity index (χ1v) is 8.60. The molecule has 0 radical (unpaired) electrons. The van der Waals surface area contributed by atoms with Gasteiger partial charge in [-0.3, -0.25) is 0 Å². The fourth-order valence-corrected chi connectivity index (χ4v) is 3.26. The molecule has 5 rings (SSSR count). The number of imidazole rings is 2. The Kier molecular flexibility index (Phi) is 3.61. The smallest absolute Gasteiger partial charge is 0.165 e. The van der Waals surface area contributed by atoms with Crippen LogP contribution in [0.2, 0.25) is 0 Å². The van der Waals surface area contributed by atoms with E-state index < -0.39 is 0 Å². The molecule has 28 heavy (non-hydrogen) atoms. The summed E-state index contributed by atoms with van der Waals surface area (Å²) in [6, 6.07) is 8.17. The molecule has 10 heteroatoms.